The van der Waals surface area contributed by atoms with Gasteiger partial charge in [-0.25, -0.2) is 0 Å². The SMILES string of the molecule is CC(C)CC(C)N(c1ccc(Nc2ccccc2)cc1)c1nc(OCCCc2cc(C(C)(C)C)c(O)c(C(C)(C)C)c2)nc(N(c2ccc(Nc3ccccc3)cc2)C(C)CC(C)C)n1. The number of para-hydroxylation sites is 2. The summed E-state index contributed by atoms with van der Waals surface area (Å²) >= 11 is 0. The minimum Gasteiger partial charge on any atom is -0.507 e. The van der Waals surface area contributed by atoms with E-state index in [1.807, 2.05) is 36.4 Å². The zero-order valence-electron chi connectivity index (χ0n) is 41.0. The molecule has 5 aromatic carbocycles. The molecule has 1 aromatic heterocycles. The number of phenolic OH excluding ortho intramolecular Hbond substituents is 1. The monoisotopic (exact) mass is 876 g/mol. The van der Waals surface area contributed by atoms with E-state index in [0.29, 0.717) is 36.1 Å². The van der Waals surface area contributed by atoms with E-state index in [1.165, 1.54) is 5.56 Å². The van der Waals surface area contributed by atoms with Gasteiger partial charge >= 0.3 is 6.01 Å². The third-order valence-electron chi connectivity index (χ3n) is 11.6. The number of aryl methyl sites for hydroxylation is 1. The average molecular weight is 876 g/mol. The molecule has 344 valence electrons. The maximum atomic E-state index is 11.4. The van der Waals surface area contributed by atoms with Crippen molar-refractivity contribution in [1.82, 2.24) is 15.0 Å². The first-order valence-corrected chi connectivity index (χ1v) is 23.5. The van der Waals surface area contributed by atoms with E-state index < -0.39 is 0 Å². The van der Waals surface area contributed by atoms with Gasteiger partial charge in [-0.15, -0.1) is 0 Å². The Balaban J connectivity index is 1.40. The predicted octanol–water partition coefficient (Wildman–Crippen LogP) is 14.8. The van der Waals surface area contributed by atoms with E-state index in [2.05, 4.69) is 188 Å². The van der Waals surface area contributed by atoms with Crippen molar-refractivity contribution in [2.75, 3.05) is 27.0 Å². The van der Waals surface area contributed by atoms with Crippen LogP contribution in [0.25, 0.3) is 0 Å². The summed E-state index contributed by atoms with van der Waals surface area (Å²) in [6.45, 7) is 26.8. The molecule has 1 heterocycles. The molecule has 2 atom stereocenters. The first kappa shape index (κ1) is 48.4. The van der Waals surface area contributed by atoms with E-state index >= 15 is 0 Å². The van der Waals surface area contributed by atoms with Crippen LogP contribution in [0.1, 0.15) is 119 Å². The Kier molecular flexibility index (Phi) is 15.8. The summed E-state index contributed by atoms with van der Waals surface area (Å²) in [6, 6.07) is 42.1. The number of ether oxygens (including phenoxy) is 1. The summed E-state index contributed by atoms with van der Waals surface area (Å²) in [6.07, 6.45) is 3.36. The van der Waals surface area contributed by atoms with Crippen molar-refractivity contribution in [3.05, 3.63) is 138 Å². The van der Waals surface area contributed by atoms with E-state index in [0.717, 1.165) is 70.9 Å². The molecule has 0 radical (unpaired) electrons. The van der Waals surface area contributed by atoms with E-state index in [1.54, 1.807) is 0 Å². The van der Waals surface area contributed by atoms with Crippen molar-refractivity contribution >= 4 is 46.0 Å². The van der Waals surface area contributed by atoms with Gasteiger partial charge in [-0.1, -0.05) is 118 Å². The normalized spacial score (nSPS) is 12.8. The van der Waals surface area contributed by atoms with Crippen LogP contribution in [-0.4, -0.2) is 38.7 Å². The molecule has 3 N–H and O–H groups in total. The fraction of sp³-hybridized carbons (Fsp3) is 0.411. The Hall–Kier alpha value is -6.09. The second kappa shape index (κ2) is 21.3. The minimum atomic E-state index is -0.205. The topological polar surface area (TPSA) is 98.7 Å². The second-order valence-electron chi connectivity index (χ2n) is 20.5. The van der Waals surface area contributed by atoms with Gasteiger partial charge in [0.2, 0.25) is 11.9 Å². The van der Waals surface area contributed by atoms with Gasteiger partial charge in [-0.2, -0.15) is 15.0 Å². The van der Waals surface area contributed by atoms with Gasteiger partial charge in [-0.3, -0.25) is 0 Å². The quantitative estimate of drug-likeness (QED) is 0.0687. The molecule has 0 bridgehead atoms. The molecule has 65 heavy (non-hydrogen) atoms. The standard InChI is InChI=1S/C56H73N7O2/c1-38(2)34-40(5)62(47-29-25-45(26-30-47)57-43-21-15-13-16-22-43)52-59-53(63(41(6)35-39(3)4)48-31-27-46(28-32-48)58-44-23-17-14-18-24-44)61-54(60-52)65-33-19-20-42-36-49(55(7,8)9)51(64)50(37-42)56(10,11)12/h13-18,21-32,36-41,57-58,64H,19-20,33-35H2,1-12H3. The molecule has 9 heteroatoms. The zero-order chi connectivity index (χ0) is 46.9. The average Bonchev–Trinajstić information content (AvgIpc) is 3.24. The first-order valence-electron chi connectivity index (χ1n) is 23.5. The van der Waals surface area contributed by atoms with Gasteiger partial charge in [0.25, 0.3) is 0 Å². The van der Waals surface area contributed by atoms with Crippen molar-refractivity contribution in [2.45, 2.75) is 132 Å². The minimum absolute atomic E-state index is 0.0550. The van der Waals surface area contributed by atoms with Gasteiger partial charge in [0.05, 0.1) is 6.61 Å². The summed E-state index contributed by atoms with van der Waals surface area (Å²) in [5.74, 6) is 2.34. The molecule has 0 aliphatic rings. The molecular weight excluding hydrogens is 803 g/mol. The van der Waals surface area contributed by atoms with Crippen LogP contribution in [0.15, 0.2) is 121 Å². The lowest BCUT2D eigenvalue weighted by Crippen LogP contribution is -2.34. The molecule has 0 spiro atoms. The van der Waals surface area contributed by atoms with Crippen molar-refractivity contribution in [1.29, 1.82) is 0 Å². The van der Waals surface area contributed by atoms with Crippen LogP contribution in [0, 0.1) is 11.8 Å². The van der Waals surface area contributed by atoms with Crippen LogP contribution in [0.3, 0.4) is 0 Å². The Morgan fingerprint density at radius 2 is 0.923 bits per heavy atom. The zero-order valence-corrected chi connectivity index (χ0v) is 41.0. The van der Waals surface area contributed by atoms with Crippen molar-refractivity contribution in [2.24, 2.45) is 11.8 Å². The number of benzene rings is 5. The van der Waals surface area contributed by atoms with Crippen molar-refractivity contribution < 1.29 is 9.84 Å². The van der Waals surface area contributed by atoms with Crippen molar-refractivity contribution in [3.63, 3.8) is 0 Å². The van der Waals surface area contributed by atoms with Crippen LogP contribution >= 0.6 is 0 Å². The van der Waals surface area contributed by atoms with Gasteiger partial charge in [0.15, 0.2) is 0 Å². The number of aromatic hydroxyl groups is 1. The summed E-state index contributed by atoms with van der Waals surface area (Å²) in [5.41, 5.74) is 8.71. The lowest BCUT2D eigenvalue weighted by atomic mass is 9.78. The van der Waals surface area contributed by atoms with E-state index in [-0.39, 0.29) is 28.9 Å². The Morgan fingerprint density at radius 3 is 1.29 bits per heavy atom. The molecule has 0 saturated heterocycles. The van der Waals surface area contributed by atoms with Crippen LogP contribution in [-0.2, 0) is 17.3 Å². The molecule has 0 aliphatic carbocycles. The number of anilines is 8. The molecule has 0 aliphatic heterocycles. The number of phenols is 1. The van der Waals surface area contributed by atoms with Crippen LogP contribution in [0.5, 0.6) is 11.8 Å². The lowest BCUT2D eigenvalue weighted by molar-refractivity contribution is 0.285. The number of rotatable bonds is 19. The van der Waals surface area contributed by atoms with Crippen LogP contribution < -0.4 is 25.2 Å². The molecular formula is C56H73N7O2. The van der Waals surface area contributed by atoms with Gasteiger partial charge < -0.3 is 30.3 Å². The summed E-state index contributed by atoms with van der Waals surface area (Å²) in [4.78, 5) is 20.1. The van der Waals surface area contributed by atoms with Gasteiger partial charge in [-0.05, 0) is 152 Å². The Labute approximate surface area is 389 Å². The number of hydrogen-bond donors (Lipinski definition) is 3. The number of nitrogens with one attached hydrogen (secondary N) is 2. The Bertz CT molecular complexity index is 2250. The molecule has 6 rings (SSSR count). The fourth-order valence-corrected chi connectivity index (χ4v) is 8.53. The Morgan fingerprint density at radius 1 is 0.538 bits per heavy atom. The molecule has 9 nitrogen and oxygen atoms in total. The first-order chi connectivity index (χ1) is 30.8. The number of aromatic nitrogens is 3. The summed E-state index contributed by atoms with van der Waals surface area (Å²) < 4.78 is 6.61. The van der Waals surface area contributed by atoms with Crippen LogP contribution in [0.4, 0.5) is 46.0 Å². The molecule has 0 amide bonds. The van der Waals surface area contributed by atoms with Gasteiger partial charge in [0.1, 0.15) is 5.75 Å². The smallest absolute Gasteiger partial charge is 0.323 e. The molecule has 6 aromatic rings. The van der Waals surface area contributed by atoms with Crippen LogP contribution in [0.2, 0.25) is 0 Å². The highest BCUT2D eigenvalue weighted by Crippen LogP contribution is 2.40. The largest absolute Gasteiger partial charge is 0.507 e. The third kappa shape index (κ3) is 13.2. The highest BCUT2D eigenvalue weighted by molar-refractivity contribution is 5.69. The number of hydrogen-bond acceptors (Lipinski definition) is 9. The van der Waals surface area contributed by atoms with E-state index in [4.69, 9.17) is 19.7 Å². The van der Waals surface area contributed by atoms with E-state index in [9.17, 15) is 5.11 Å². The second-order valence-corrected chi connectivity index (χ2v) is 20.5. The highest BCUT2D eigenvalue weighted by Gasteiger charge is 2.29. The number of nitrogens with zero attached hydrogens (tertiary/aromatic N) is 5. The summed E-state index contributed by atoms with van der Waals surface area (Å²) in [5, 5.41) is 18.4. The van der Waals surface area contributed by atoms with Crippen molar-refractivity contribution in [3.8, 4) is 11.8 Å². The maximum Gasteiger partial charge on any atom is 0.323 e. The predicted molar refractivity (Wildman–Crippen MR) is 274 cm³/mol. The molecule has 2 unspecified atom stereocenters. The fourth-order valence-electron chi connectivity index (χ4n) is 8.53. The summed E-state index contributed by atoms with van der Waals surface area (Å²) in [7, 11) is 0. The molecule has 0 fully saturated rings. The lowest BCUT2D eigenvalue weighted by Gasteiger charge is -2.34. The molecule has 0 saturated carbocycles. The third-order valence-corrected chi connectivity index (χ3v) is 11.6. The highest BCUT2D eigenvalue weighted by atomic mass is 16.5. The maximum absolute atomic E-state index is 11.4. The van der Waals surface area contributed by atoms with Gasteiger partial charge in [0, 0.05) is 46.2 Å².